The van der Waals surface area contributed by atoms with Crippen molar-refractivity contribution in [2.24, 2.45) is 0 Å². The second-order valence-corrected chi connectivity index (χ2v) is 5.48. The average molecular weight is 392 g/mol. The third-order valence-corrected chi connectivity index (χ3v) is 3.58. The lowest BCUT2D eigenvalue weighted by Gasteiger charge is -2.17. The summed E-state index contributed by atoms with van der Waals surface area (Å²) < 4.78 is 30.6. The smallest absolute Gasteiger partial charge is 0.271 e. The van der Waals surface area contributed by atoms with E-state index in [1.165, 1.54) is 12.1 Å². The van der Waals surface area contributed by atoms with Gasteiger partial charge in [0.2, 0.25) is 5.75 Å². The zero-order valence-electron chi connectivity index (χ0n) is 15.8. The maximum absolute atomic E-state index is 14.0. The molecule has 0 saturated carbocycles. The molecule has 0 fully saturated rings. The molecule has 0 aliphatic carbocycles. The summed E-state index contributed by atoms with van der Waals surface area (Å²) in [5.74, 6) is -0.492. The van der Waals surface area contributed by atoms with Crippen LogP contribution < -0.4 is 19.5 Å². The molecular weight excluding hydrogens is 371 g/mol. The number of halogens is 1. The van der Waals surface area contributed by atoms with E-state index >= 15 is 0 Å². The summed E-state index contributed by atoms with van der Waals surface area (Å²) in [6.45, 7) is 6.39. The molecule has 0 aromatic heterocycles. The second kappa shape index (κ2) is 9.54. The van der Waals surface area contributed by atoms with E-state index in [2.05, 4.69) is 5.32 Å². The summed E-state index contributed by atoms with van der Waals surface area (Å²) in [6.07, 6.45) is 0. The number of nitrogens with zero attached hydrogens (tertiary/aromatic N) is 1. The van der Waals surface area contributed by atoms with E-state index in [1.54, 1.807) is 20.8 Å². The van der Waals surface area contributed by atoms with Crippen molar-refractivity contribution in [1.29, 1.82) is 0 Å². The van der Waals surface area contributed by atoms with Crippen LogP contribution in [-0.2, 0) is 0 Å². The van der Waals surface area contributed by atoms with Crippen molar-refractivity contribution in [3.8, 4) is 17.2 Å². The first-order valence-corrected chi connectivity index (χ1v) is 8.72. The van der Waals surface area contributed by atoms with Gasteiger partial charge in [-0.2, -0.15) is 0 Å². The Morgan fingerprint density at radius 2 is 1.61 bits per heavy atom. The highest BCUT2D eigenvalue weighted by Gasteiger charge is 2.20. The fraction of sp³-hybridized carbons (Fsp3) is 0.316. The van der Waals surface area contributed by atoms with Gasteiger partial charge in [-0.25, -0.2) is 4.39 Å². The van der Waals surface area contributed by atoms with Crippen molar-refractivity contribution in [3.63, 3.8) is 0 Å². The minimum Gasteiger partial charge on any atom is -0.490 e. The molecule has 1 amide bonds. The molecule has 28 heavy (non-hydrogen) atoms. The van der Waals surface area contributed by atoms with Gasteiger partial charge in [0.1, 0.15) is 5.82 Å². The van der Waals surface area contributed by atoms with Crippen molar-refractivity contribution >= 4 is 17.3 Å². The van der Waals surface area contributed by atoms with Crippen LogP contribution in [0, 0.1) is 15.9 Å². The zero-order valence-corrected chi connectivity index (χ0v) is 15.8. The van der Waals surface area contributed by atoms with Gasteiger partial charge in [0.05, 0.1) is 30.4 Å². The SMILES string of the molecule is CCOc1cc(C(=O)Nc2cc([N+](=O)[O-])ccc2F)cc(OCC)c1OCC. The molecule has 2 aromatic carbocycles. The maximum atomic E-state index is 14.0. The third-order valence-electron chi connectivity index (χ3n) is 3.58. The van der Waals surface area contributed by atoms with Gasteiger partial charge in [-0.3, -0.25) is 14.9 Å². The fourth-order valence-corrected chi connectivity index (χ4v) is 2.44. The summed E-state index contributed by atoms with van der Waals surface area (Å²) in [4.78, 5) is 22.8. The Kier molecular flexibility index (Phi) is 7.14. The number of nitro benzene ring substituents is 1. The van der Waals surface area contributed by atoms with Crippen LogP contribution in [0.15, 0.2) is 30.3 Å². The Balaban J connectivity index is 2.42. The van der Waals surface area contributed by atoms with E-state index in [-0.39, 0.29) is 16.9 Å². The summed E-state index contributed by atoms with van der Waals surface area (Å²) in [6, 6.07) is 5.78. The summed E-state index contributed by atoms with van der Waals surface area (Å²) in [5, 5.41) is 13.2. The number of nitrogens with one attached hydrogen (secondary N) is 1. The van der Waals surface area contributed by atoms with Gasteiger partial charge in [0.25, 0.3) is 11.6 Å². The number of non-ortho nitro benzene ring substituents is 1. The number of hydrogen-bond donors (Lipinski definition) is 1. The molecule has 8 nitrogen and oxygen atoms in total. The van der Waals surface area contributed by atoms with Crippen LogP contribution in [0.2, 0.25) is 0 Å². The van der Waals surface area contributed by atoms with Gasteiger partial charge in [0.15, 0.2) is 11.5 Å². The van der Waals surface area contributed by atoms with Gasteiger partial charge in [-0.1, -0.05) is 0 Å². The number of ether oxygens (including phenoxy) is 3. The molecule has 0 saturated heterocycles. The largest absolute Gasteiger partial charge is 0.490 e. The van der Waals surface area contributed by atoms with Crippen molar-refractivity contribution in [2.75, 3.05) is 25.1 Å². The Hall–Kier alpha value is -3.36. The lowest BCUT2D eigenvalue weighted by atomic mass is 10.1. The molecule has 0 heterocycles. The summed E-state index contributed by atoms with van der Waals surface area (Å²) >= 11 is 0. The number of amides is 1. The van der Waals surface area contributed by atoms with E-state index in [0.717, 1.165) is 18.2 Å². The molecular formula is C19H21FN2O6. The van der Waals surface area contributed by atoms with Crippen LogP contribution in [0.4, 0.5) is 15.8 Å². The number of anilines is 1. The van der Waals surface area contributed by atoms with Crippen molar-refractivity contribution in [3.05, 3.63) is 51.8 Å². The van der Waals surface area contributed by atoms with Gasteiger partial charge in [-0.05, 0) is 39.0 Å². The number of nitro groups is 1. The second-order valence-electron chi connectivity index (χ2n) is 5.48. The van der Waals surface area contributed by atoms with Crippen LogP contribution in [0.5, 0.6) is 17.2 Å². The highest BCUT2D eigenvalue weighted by atomic mass is 19.1. The molecule has 0 unspecified atom stereocenters. The number of benzene rings is 2. The molecule has 2 aromatic rings. The van der Waals surface area contributed by atoms with Gasteiger partial charge in [0, 0.05) is 17.7 Å². The Bertz CT molecular complexity index is 844. The molecule has 0 atom stereocenters. The maximum Gasteiger partial charge on any atom is 0.271 e. The van der Waals surface area contributed by atoms with Crippen molar-refractivity contribution < 1.29 is 28.3 Å². The van der Waals surface area contributed by atoms with Crippen molar-refractivity contribution in [2.45, 2.75) is 20.8 Å². The topological polar surface area (TPSA) is 99.9 Å². The van der Waals surface area contributed by atoms with Crippen LogP contribution in [0.3, 0.4) is 0 Å². The minimum atomic E-state index is -0.792. The summed E-state index contributed by atoms with van der Waals surface area (Å²) in [7, 11) is 0. The summed E-state index contributed by atoms with van der Waals surface area (Å²) in [5.41, 5.74) is -0.515. The Morgan fingerprint density at radius 1 is 1.04 bits per heavy atom. The lowest BCUT2D eigenvalue weighted by Crippen LogP contribution is -2.14. The predicted octanol–water partition coefficient (Wildman–Crippen LogP) is 4.18. The molecule has 1 N–H and O–H groups in total. The number of carbonyl (C=O) groups is 1. The fourth-order valence-electron chi connectivity index (χ4n) is 2.44. The van der Waals surface area contributed by atoms with Gasteiger partial charge >= 0.3 is 0 Å². The highest BCUT2D eigenvalue weighted by molar-refractivity contribution is 6.05. The van der Waals surface area contributed by atoms with E-state index in [9.17, 15) is 19.3 Å². The van der Waals surface area contributed by atoms with Gasteiger partial charge in [-0.15, -0.1) is 0 Å². The molecule has 0 spiro atoms. The normalized spacial score (nSPS) is 10.3. The van der Waals surface area contributed by atoms with E-state index in [1.807, 2.05) is 0 Å². The highest BCUT2D eigenvalue weighted by Crippen LogP contribution is 2.39. The molecule has 0 radical (unpaired) electrons. The number of hydrogen-bond acceptors (Lipinski definition) is 6. The minimum absolute atomic E-state index is 0.126. The van der Waals surface area contributed by atoms with E-state index < -0.39 is 16.6 Å². The van der Waals surface area contributed by atoms with Crippen LogP contribution in [0.1, 0.15) is 31.1 Å². The van der Waals surface area contributed by atoms with E-state index in [4.69, 9.17) is 14.2 Å². The average Bonchev–Trinajstić information content (AvgIpc) is 2.66. The molecule has 150 valence electrons. The lowest BCUT2D eigenvalue weighted by molar-refractivity contribution is -0.384. The first-order chi connectivity index (χ1) is 13.4. The van der Waals surface area contributed by atoms with Crippen LogP contribution in [-0.4, -0.2) is 30.7 Å². The third kappa shape index (κ3) is 4.87. The number of rotatable bonds is 9. The van der Waals surface area contributed by atoms with Gasteiger partial charge < -0.3 is 19.5 Å². The number of carbonyl (C=O) groups excluding carboxylic acids is 1. The van der Waals surface area contributed by atoms with Crippen LogP contribution in [0.25, 0.3) is 0 Å². The zero-order chi connectivity index (χ0) is 20.7. The Morgan fingerprint density at radius 3 is 2.11 bits per heavy atom. The predicted molar refractivity (Wildman–Crippen MR) is 101 cm³/mol. The van der Waals surface area contributed by atoms with Crippen molar-refractivity contribution in [1.82, 2.24) is 0 Å². The molecule has 0 aliphatic heterocycles. The first kappa shape index (κ1) is 20.9. The van der Waals surface area contributed by atoms with Crippen LogP contribution >= 0.6 is 0 Å². The Labute approximate surface area is 161 Å². The molecule has 0 bridgehead atoms. The molecule has 9 heteroatoms. The monoisotopic (exact) mass is 392 g/mol. The standard InChI is InChI=1S/C19H21FN2O6/c1-4-26-16-9-12(10-17(27-5-2)18(16)28-6-3)19(23)21-15-11-13(22(24)25)7-8-14(15)20/h7-11H,4-6H2,1-3H3,(H,21,23). The molecule has 2 rings (SSSR count). The molecule has 0 aliphatic rings. The first-order valence-electron chi connectivity index (χ1n) is 8.72. The van der Waals surface area contributed by atoms with E-state index in [0.29, 0.717) is 37.1 Å². The quantitative estimate of drug-likeness (QED) is 0.507.